The number of nitrogens with zero attached hydrogens (tertiary/aromatic N) is 1. The summed E-state index contributed by atoms with van der Waals surface area (Å²) in [5.74, 6) is -0.0777. The van der Waals surface area contributed by atoms with E-state index in [4.69, 9.17) is 0 Å². The first-order valence-electron chi connectivity index (χ1n) is 4.85. The van der Waals surface area contributed by atoms with E-state index in [2.05, 4.69) is 0 Å². The van der Waals surface area contributed by atoms with Gasteiger partial charge in [-0.25, -0.2) is 0 Å². The minimum Gasteiger partial charge on any atom is -0.279 e. The second-order valence-corrected chi connectivity index (χ2v) is 3.80. The highest BCUT2D eigenvalue weighted by molar-refractivity contribution is 6.03. The number of amides is 2. The lowest BCUT2D eigenvalue weighted by molar-refractivity contribution is -0.141. The minimum atomic E-state index is -0.190. The van der Waals surface area contributed by atoms with Crippen LogP contribution in [0.25, 0.3) is 0 Å². The molecular weight excluding hydrogens is 178 g/mol. The van der Waals surface area contributed by atoms with Gasteiger partial charge in [0.25, 0.3) is 5.91 Å². The summed E-state index contributed by atoms with van der Waals surface area (Å²) in [5.41, 5.74) is 0.612. The summed E-state index contributed by atoms with van der Waals surface area (Å²) < 4.78 is 0. The molecule has 0 fully saturated rings. The molecule has 0 N–H and O–H groups in total. The quantitative estimate of drug-likeness (QED) is 0.649. The molecular formula is C11H19NO2. The predicted molar refractivity (Wildman–Crippen MR) is 56.7 cm³/mol. The first-order valence-corrected chi connectivity index (χ1v) is 4.85. The Kier molecular flexibility index (Phi) is 5.13. The topological polar surface area (TPSA) is 37.4 Å². The Hall–Kier alpha value is -1.12. The maximum absolute atomic E-state index is 11.7. The van der Waals surface area contributed by atoms with Gasteiger partial charge in [0.2, 0.25) is 5.91 Å². The van der Waals surface area contributed by atoms with Gasteiger partial charge in [0.15, 0.2) is 0 Å². The molecule has 0 atom stereocenters. The predicted octanol–water partition coefficient (Wildman–Crippen LogP) is 1.98. The lowest BCUT2D eigenvalue weighted by Crippen LogP contribution is -2.38. The number of rotatable bonds is 3. The highest BCUT2D eigenvalue weighted by atomic mass is 16.2. The summed E-state index contributed by atoms with van der Waals surface area (Å²) in [6, 6.07) is 0. The second-order valence-electron chi connectivity index (χ2n) is 3.80. The van der Waals surface area contributed by atoms with Crippen molar-refractivity contribution in [3.8, 4) is 0 Å². The van der Waals surface area contributed by atoms with Crippen LogP contribution in [0.4, 0.5) is 0 Å². The third-order valence-electron chi connectivity index (χ3n) is 1.94. The third kappa shape index (κ3) is 3.73. The first kappa shape index (κ1) is 12.9. The van der Waals surface area contributed by atoms with Crippen molar-refractivity contribution in [1.82, 2.24) is 4.90 Å². The van der Waals surface area contributed by atoms with Crippen LogP contribution in [-0.4, -0.2) is 23.3 Å². The molecule has 0 aliphatic carbocycles. The fourth-order valence-electron chi connectivity index (χ4n) is 1.06. The molecule has 0 heterocycles. The highest BCUT2D eigenvalue weighted by Gasteiger charge is 2.19. The number of carbonyl (C=O) groups is 2. The van der Waals surface area contributed by atoms with Crippen molar-refractivity contribution >= 4 is 11.8 Å². The van der Waals surface area contributed by atoms with Crippen LogP contribution in [0.5, 0.6) is 0 Å². The maximum atomic E-state index is 11.7. The van der Waals surface area contributed by atoms with Crippen molar-refractivity contribution in [3.63, 3.8) is 0 Å². The SMILES string of the molecule is C/C=C(\C)C(=O)N(CC(C)C)C(C)=O. The van der Waals surface area contributed by atoms with E-state index in [1.165, 1.54) is 11.8 Å². The molecule has 0 saturated heterocycles. The van der Waals surface area contributed by atoms with E-state index in [0.29, 0.717) is 18.0 Å². The van der Waals surface area contributed by atoms with Crippen molar-refractivity contribution in [2.24, 2.45) is 5.92 Å². The number of hydrogen-bond acceptors (Lipinski definition) is 2. The summed E-state index contributed by atoms with van der Waals surface area (Å²) in [5, 5.41) is 0. The highest BCUT2D eigenvalue weighted by Crippen LogP contribution is 2.05. The molecule has 2 amide bonds. The molecule has 3 nitrogen and oxygen atoms in total. The normalized spacial score (nSPS) is 11.7. The van der Waals surface area contributed by atoms with Crippen molar-refractivity contribution in [3.05, 3.63) is 11.6 Å². The molecule has 80 valence electrons. The van der Waals surface area contributed by atoms with Gasteiger partial charge >= 0.3 is 0 Å². The van der Waals surface area contributed by atoms with E-state index in [9.17, 15) is 9.59 Å². The minimum absolute atomic E-state index is 0.186. The largest absolute Gasteiger partial charge is 0.279 e. The summed E-state index contributed by atoms with van der Waals surface area (Å²) >= 11 is 0. The molecule has 0 radical (unpaired) electrons. The molecule has 0 aliphatic rings. The summed E-state index contributed by atoms with van der Waals surface area (Å²) in [6.07, 6.45) is 1.72. The van der Waals surface area contributed by atoms with E-state index in [1.54, 1.807) is 19.9 Å². The Morgan fingerprint density at radius 1 is 1.29 bits per heavy atom. The van der Waals surface area contributed by atoms with E-state index in [0.717, 1.165) is 0 Å². The van der Waals surface area contributed by atoms with Crippen LogP contribution in [0.15, 0.2) is 11.6 Å². The van der Waals surface area contributed by atoms with Gasteiger partial charge < -0.3 is 0 Å². The van der Waals surface area contributed by atoms with E-state index in [-0.39, 0.29) is 11.8 Å². The average Bonchev–Trinajstić information content (AvgIpc) is 2.11. The molecule has 0 unspecified atom stereocenters. The van der Waals surface area contributed by atoms with Crippen LogP contribution in [-0.2, 0) is 9.59 Å². The number of hydrogen-bond donors (Lipinski definition) is 0. The summed E-state index contributed by atoms with van der Waals surface area (Å²) in [7, 11) is 0. The third-order valence-corrected chi connectivity index (χ3v) is 1.94. The van der Waals surface area contributed by atoms with Gasteiger partial charge in [-0.15, -0.1) is 0 Å². The van der Waals surface area contributed by atoms with Gasteiger partial charge in [-0.2, -0.15) is 0 Å². The fourth-order valence-corrected chi connectivity index (χ4v) is 1.06. The maximum Gasteiger partial charge on any atom is 0.255 e. The average molecular weight is 197 g/mol. The number of carbonyl (C=O) groups excluding carboxylic acids is 2. The zero-order valence-electron chi connectivity index (χ0n) is 9.63. The van der Waals surface area contributed by atoms with Crippen molar-refractivity contribution < 1.29 is 9.59 Å². The Labute approximate surface area is 85.8 Å². The van der Waals surface area contributed by atoms with Crippen molar-refractivity contribution in [1.29, 1.82) is 0 Å². The zero-order valence-corrected chi connectivity index (χ0v) is 9.63. The Bertz CT molecular complexity index is 254. The van der Waals surface area contributed by atoms with Gasteiger partial charge in [0, 0.05) is 19.0 Å². The first-order chi connectivity index (χ1) is 6.40. The Balaban J connectivity index is 4.67. The Morgan fingerprint density at radius 3 is 2.07 bits per heavy atom. The van der Waals surface area contributed by atoms with Crippen LogP contribution in [0.1, 0.15) is 34.6 Å². The smallest absolute Gasteiger partial charge is 0.255 e. The van der Waals surface area contributed by atoms with Gasteiger partial charge in [-0.05, 0) is 19.8 Å². The van der Waals surface area contributed by atoms with Gasteiger partial charge in [-0.3, -0.25) is 14.5 Å². The molecule has 0 rings (SSSR count). The van der Waals surface area contributed by atoms with E-state index < -0.39 is 0 Å². The van der Waals surface area contributed by atoms with Crippen LogP contribution in [0.3, 0.4) is 0 Å². The molecule has 0 aromatic heterocycles. The molecule has 14 heavy (non-hydrogen) atoms. The van der Waals surface area contributed by atoms with Crippen LogP contribution < -0.4 is 0 Å². The molecule has 0 aromatic carbocycles. The van der Waals surface area contributed by atoms with Crippen LogP contribution in [0, 0.1) is 5.92 Å². The fraction of sp³-hybridized carbons (Fsp3) is 0.636. The standard InChI is InChI=1S/C11H19NO2/c1-6-9(4)11(14)12(10(5)13)7-8(2)3/h6,8H,7H2,1-5H3/b9-6+. The van der Waals surface area contributed by atoms with Crippen LogP contribution >= 0.6 is 0 Å². The number of allylic oxidation sites excluding steroid dienone is 1. The van der Waals surface area contributed by atoms with Crippen molar-refractivity contribution in [2.75, 3.05) is 6.54 Å². The van der Waals surface area contributed by atoms with Gasteiger partial charge in [0.1, 0.15) is 0 Å². The molecule has 0 aromatic rings. The molecule has 0 spiro atoms. The van der Waals surface area contributed by atoms with E-state index in [1.807, 2.05) is 13.8 Å². The molecule has 0 bridgehead atoms. The van der Waals surface area contributed by atoms with Gasteiger partial charge in [0.05, 0.1) is 0 Å². The summed E-state index contributed by atoms with van der Waals surface area (Å²) in [4.78, 5) is 24.2. The van der Waals surface area contributed by atoms with Crippen LogP contribution in [0.2, 0.25) is 0 Å². The zero-order chi connectivity index (χ0) is 11.3. The van der Waals surface area contributed by atoms with E-state index >= 15 is 0 Å². The monoisotopic (exact) mass is 197 g/mol. The molecule has 3 heteroatoms. The van der Waals surface area contributed by atoms with Gasteiger partial charge in [-0.1, -0.05) is 19.9 Å². The number of imide groups is 1. The van der Waals surface area contributed by atoms with Crippen molar-refractivity contribution in [2.45, 2.75) is 34.6 Å². The lowest BCUT2D eigenvalue weighted by Gasteiger charge is -2.21. The molecule has 0 saturated carbocycles. The second kappa shape index (κ2) is 5.58. The lowest BCUT2D eigenvalue weighted by atomic mass is 10.1. The summed E-state index contributed by atoms with van der Waals surface area (Å²) in [6.45, 7) is 9.38. The molecule has 0 aliphatic heterocycles. The Morgan fingerprint density at radius 2 is 1.79 bits per heavy atom.